The summed E-state index contributed by atoms with van der Waals surface area (Å²) in [5.74, 6) is 0. The highest BCUT2D eigenvalue weighted by Crippen LogP contribution is 1.83. The lowest BCUT2D eigenvalue weighted by Crippen LogP contribution is -2.08. The monoisotopic (exact) mass is 123 g/mol. The predicted octanol–water partition coefficient (Wildman–Crippen LogP) is 1.80. The molecule has 0 aromatic carbocycles. The molecule has 0 aliphatic heterocycles. The molecule has 0 fully saturated rings. The third-order valence-electron chi connectivity index (χ3n) is 0.894. The van der Waals surface area contributed by atoms with E-state index < -0.39 is 0 Å². The van der Waals surface area contributed by atoms with Crippen molar-refractivity contribution in [2.45, 2.75) is 0 Å². The molecule has 0 aromatic rings. The molecule has 1 nitrogen and oxygen atoms in total. The van der Waals surface area contributed by atoms with Gasteiger partial charge in [-0.05, 0) is 12.3 Å². The first-order valence-electron chi connectivity index (χ1n) is 2.91. The van der Waals surface area contributed by atoms with Gasteiger partial charge in [0.15, 0.2) is 0 Å². The van der Waals surface area contributed by atoms with Gasteiger partial charge in [0.1, 0.15) is 0 Å². The Morgan fingerprint density at radius 3 is 2.56 bits per heavy atom. The molecule has 0 aliphatic rings. The standard InChI is InChI=1S/C8H13N/c1-4-6-8-9(3)7-5-2/h4-6,8H,1-2,7H2,3H3/b8-6+. The minimum atomic E-state index is 0.879. The van der Waals surface area contributed by atoms with Crippen LogP contribution in [0.5, 0.6) is 0 Å². The van der Waals surface area contributed by atoms with Gasteiger partial charge >= 0.3 is 0 Å². The predicted molar refractivity (Wildman–Crippen MR) is 42.2 cm³/mol. The maximum absolute atomic E-state index is 3.61. The molecule has 0 spiro atoms. The molecule has 0 saturated heterocycles. The van der Waals surface area contributed by atoms with E-state index in [1.807, 2.05) is 30.3 Å². The molecule has 0 N–H and O–H groups in total. The molecule has 0 rings (SSSR count). The van der Waals surface area contributed by atoms with Crippen LogP contribution in [-0.4, -0.2) is 18.5 Å². The third kappa shape index (κ3) is 4.88. The summed E-state index contributed by atoms with van der Waals surface area (Å²) >= 11 is 0. The first-order valence-corrected chi connectivity index (χ1v) is 2.91. The molecule has 0 aromatic heterocycles. The second-order valence-corrected chi connectivity index (χ2v) is 1.81. The maximum Gasteiger partial charge on any atom is 0.0348 e. The van der Waals surface area contributed by atoms with Gasteiger partial charge in [-0.3, -0.25) is 0 Å². The Hall–Kier alpha value is -0.980. The maximum atomic E-state index is 3.61. The minimum absolute atomic E-state index is 0.879. The van der Waals surface area contributed by atoms with Gasteiger partial charge in [-0.15, -0.1) is 6.58 Å². The molecule has 0 bridgehead atoms. The zero-order valence-electron chi connectivity index (χ0n) is 5.88. The van der Waals surface area contributed by atoms with Crippen LogP contribution >= 0.6 is 0 Å². The number of likely N-dealkylation sites (N-methyl/N-ethyl adjacent to an activating group) is 1. The highest BCUT2D eigenvalue weighted by molar-refractivity contribution is 4.97. The second kappa shape index (κ2) is 5.16. The minimum Gasteiger partial charge on any atom is -0.377 e. The first-order chi connectivity index (χ1) is 4.31. The number of allylic oxidation sites excluding steroid dienone is 2. The summed E-state index contributed by atoms with van der Waals surface area (Å²) < 4.78 is 0. The van der Waals surface area contributed by atoms with Crippen molar-refractivity contribution >= 4 is 0 Å². The van der Waals surface area contributed by atoms with Crippen molar-refractivity contribution in [2.75, 3.05) is 13.6 Å². The van der Waals surface area contributed by atoms with E-state index in [1.54, 1.807) is 6.08 Å². The first kappa shape index (κ1) is 8.02. The van der Waals surface area contributed by atoms with Crippen molar-refractivity contribution in [3.63, 3.8) is 0 Å². The second-order valence-electron chi connectivity index (χ2n) is 1.81. The van der Waals surface area contributed by atoms with Gasteiger partial charge < -0.3 is 4.90 Å². The number of hydrogen-bond acceptors (Lipinski definition) is 1. The van der Waals surface area contributed by atoms with Gasteiger partial charge in [0.2, 0.25) is 0 Å². The zero-order valence-corrected chi connectivity index (χ0v) is 5.88. The van der Waals surface area contributed by atoms with Gasteiger partial charge in [0.05, 0.1) is 0 Å². The summed E-state index contributed by atoms with van der Waals surface area (Å²) in [4.78, 5) is 2.02. The van der Waals surface area contributed by atoms with E-state index in [-0.39, 0.29) is 0 Å². The molecule has 50 valence electrons. The van der Waals surface area contributed by atoms with E-state index in [1.165, 1.54) is 0 Å². The lowest BCUT2D eigenvalue weighted by atomic mass is 10.5. The Bertz CT molecular complexity index is 114. The number of nitrogens with zero attached hydrogens (tertiary/aromatic N) is 1. The van der Waals surface area contributed by atoms with Gasteiger partial charge in [-0.2, -0.15) is 0 Å². The van der Waals surface area contributed by atoms with Gasteiger partial charge in [0, 0.05) is 13.6 Å². The van der Waals surface area contributed by atoms with Crippen LogP contribution in [0.15, 0.2) is 37.6 Å². The summed E-state index contributed by atoms with van der Waals surface area (Å²) in [5, 5.41) is 0. The van der Waals surface area contributed by atoms with Crippen LogP contribution in [-0.2, 0) is 0 Å². The molecule has 0 aliphatic carbocycles. The molecule has 9 heavy (non-hydrogen) atoms. The van der Waals surface area contributed by atoms with E-state index in [2.05, 4.69) is 13.2 Å². The molecule has 1 heteroatoms. The Morgan fingerprint density at radius 2 is 2.11 bits per heavy atom. The van der Waals surface area contributed by atoms with Crippen LogP contribution in [0, 0.1) is 0 Å². The number of hydrogen-bond donors (Lipinski definition) is 0. The van der Waals surface area contributed by atoms with Crippen molar-refractivity contribution in [1.29, 1.82) is 0 Å². The normalized spacial score (nSPS) is 9.44. The summed E-state index contributed by atoms with van der Waals surface area (Å²) in [6.45, 7) is 8.04. The van der Waals surface area contributed by atoms with E-state index in [0.717, 1.165) is 6.54 Å². The number of rotatable bonds is 4. The fraction of sp³-hybridized carbons (Fsp3) is 0.250. The molecule has 0 saturated carbocycles. The molecule has 0 radical (unpaired) electrons. The lowest BCUT2D eigenvalue weighted by Gasteiger charge is -2.08. The fourth-order valence-electron chi connectivity index (χ4n) is 0.472. The fourth-order valence-corrected chi connectivity index (χ4v) is 0.472. The topological polar surface area (TPSA) is 3.24 Å². The Morgan fingerprint density at radius 1 is 1.44 bits per heavy atom. The molecule has 0 amide bonds. The quantitative estimate of drug-likeness (QED) is 0.407. The van der Waals surface area contributed by atoms with Crippen LogP contribution in [0.1, 0.15) is 0 Å². The molecule has 0 unspecified atom stereocenters. The van der Waals surface area contributed by atoms with Crippen LogP contribution in [0.25, 0.3) is 0 Å². The molecular formula is C8H13N. The van der Waals surface area contributed by atoms with Gasteiger partial charge in [-0.25, -0.2) is 0 Å². The van der Waals surface area contributed by atoms with Gasteiger partial charge in [-0.1, -0.05) is 18.7 Å². The summed E-state index contributed by atoms with van der Waals surface area (Å²) in [5.41, 5.74) is 0. The van der Waals surface area contributed by atoms with Crippen LogP contribution in [0.3, 0.4) is 0 Å². The lowest BCUT2D eigenvalue weighted by molar-refractivity contribution is 0.510. The van der Waals surface area contributed by atoms with Crippen molar-refractivity contribution in [3.8, 4) is 0 Å². The third-order valence-corrected chi connectivity index (χ3v) is 0.894. The Labute approximate surface area is 57.0 Å². The SMILES string of the molecule is C=C/C=C/N(C)CC=C. The van der Waals surface area contributed by atoms with Crippen molar-refractivity contribution in [3.05, 3.63) is 37.6 Å². The Balaban J connectivity index is 3.47. The average molecular weight is 123 g/mol. The molecule has 0 heterocycles. The van der Waals surface area contributed by atoms with E-state index in [9.17, 15) is 0 Å². The van der Waals surface area contributed by atoms with E-state index in [0.29, 0.717) is 0 Å². The average Bonchev–Trinajstić information content (AvgIpc) is 1.85. The van der Waals surface area contributed by atoms with Crippen molar-refractivity contribution in [2.24, 2.45) is 0 Å². The molecule has 0 atom stereocenters. The van der Waals surface area contributed by atoms with E-state index in [4.69, 9.17) is 0 Å². The largest absolute Gasteiger partial charge is 0.377 e. The summed E-state index contributed by atoms with van der Waals surface area (Å²) in [6.07, 6.45) is 7.45. The highest BCUT2D eigenvalue weighted by Gasteiger charge is 1.80. The Kier molecular flexibility index (Phi) is 4.60. The van der Waals surface area contributed by atoms with E-state index >= 15 is 0 Å². The summed E-state index contributed by atoms with van der Waals surface area (Å²) in [6, 6.07) is 0. The van der Waals surface area contributed by atoms with Crippen LogP contribution in [0.2, 0.25) is 0 Å². The van der Waals surface area contributed by atoms with Crippen molar-refractivity contribution in [1.82, 2.24) is 4.90 Å². The van der Waals surface area contributed by atoms with Crippen molar-refractivity contribution < 1.29 is 0 Å². The summed E-state index contributed by atoms with van der Waals surface area (Å²) in [7, 11) is 1.99. The smallest absolute Gasteiger partial charge is 0.0348 e. The molecular weight excluding hydrogens is 110 g/mol. The zero-order chi connectivity index (χ0) is 7.11. The van der Waals surface area contributed by atoms with Gasteiger partial charge in [0.25, 0.3) is 0 Å². The van der Waals surface area contributed by atoms with Crippen LogP contribution < -0.4 is 0 Å². The van der Waals surface area contributed by atoms with Crippen LogP contribution in [0.4, 0.5) is 0 Å². The highest BCUT2D eigenvalue weighted by atomic mass is 15.1.